The van der Waals surface area contributed by atoms with Crippen LogP contribution in [-0.2, 0) is 6.18 Å². The van der Waals surface area contributed by atoms with Gasteiger partial charge in [0.1, 0.15) is 6.33 Å². The Balaban J connectivity index is 2.38. The van der Waals surface area contributed by atoms with Crippen LogP contribution in [0.25, 0.3) is 0 Å². The number of nitrogens with zero attached hydrogens (tertiary/aromatic N) is 3. The summed E-state index contributed by atoms with van der Waals surface area (Å²) in [6.07, 6.45) is -1.54. The predicted molar refractivity (Wildman–Crippen MR) is 56.0 cm³/mol. The molecular formula is C9H5F3N4OS. The highest BCUT2D eigenvalue weighted by atomic mass is 32.2. The number of rotatable bonds is 2. The molecular weight excluding hydrogens is 269 g/mol. The number of alkyl halides is 3. The third-order valence-corrected chi connectivity index (χ3v) is 2.72. The molecule has 0 aliphatic carbocycles. The van der Waals surface area contributed by atoms with Gasteiger partial charge in [0.25, 0.3) is 5.56 Å². The lowest BCUT2D eigenvalue weighted by Gasteiger charge is -2.09. The second-order valence-corrected chi connectivity index (χ2v) is 4.11. The van der Waals surface area contributed by atoms with Gasteiger partial charge in [-0.25, -0.2) is 15.0 Å². The van der Waals surface area contributed by atoms with Crippen molar-refractivity contribution in [2.24, 2.45) is 0 Å². The molecule has 0 aliphatic rings. The molecule has 0 amide bonds. The number of hydrogen-bond donors (Lipinski definition) is 1. The van der Waals surface area contributed by atoms with Crippen molar-refractivity contribution in [3.63, 3.8) is 0 Å². The maximum Gasteiger partial charge on any atom is 0.434 e. The normalized spacial score (nSPS) is 11.5. The van der Waals surface area contributed by atoms with E-state index in [0.717, 1.165) is 18.6 Å². The Morgan fingerprint density at radius 3 is 2.72 bits per heavy atom. The lowest BCUT2D eigenvalue weighted by atomic mass is 10.4. The van der Waals surface area contributed by atoms with Crippen molar-refractivity contribution in [2.45, 2.75) is 16.2 Å². The molecule has 1 N–H and O–H groups in total. The van der Waals surface area contributed by atoms with E-state index in [4.69, 9.17) is 0 Å². The van der Waals surface area contributed by atoms with E-state index in [1.807, 2.05) is 0 Å². The summed E-state index contributed by atoms with van der Waals surface area (Å²) < 4.78 is 37.9. The summed E-state index contributed by atoms with van der Waals surface area (Å²) in [6, 6.07) is 1.16. The van der Waals surface area contributed by atoms with Crippen LogP contribution in [0.2, 0.25) is 0 Å². The standard InChI is InChI=1S/C9H5F3N4OS/c10-9(11,12)7-5(3-13-4-15-7)18-8-14-2-1-6(17)16-8/h1-4H,(H,14,16,17). The SMILES string of the molecule is O=c1ccnc(Sc2cncnc2C(F)(F)F)[nH]1. The number of halogens is 3. The van der Waals surface area contributed by atoms with E-state index < -0.39 is 17.4 Å². The Labute approximate surface area is 103 Å². The zero-order valence-electron chi connectivity index (χ0n) is 8.60. The fourth-order valence-corrected chi connectivity index (χ4v) is 1.96. The molecule has 0 bridgehead atoms. The minimum Gasteiger partial charge on any atom is -0.301 e. The smallest absolute Gasteiger partial charge is 0.301 e. The highest BCUT2D eigenvalue weighted by Gasteiger charge is 2.35. The Morgan fingerprint density at radius 2 is 2.06 bits per heavy atom. The van der Waals surface area contributed by atoms with E-state index in [-0.39, 0.29) is 10.1 Å². The van der Waals surface area contributed by atoms with Crippen LogP contribution in [-0.4, -0.2) is 19.9 Å². The van der Waals surface area contributed by atoms with Crippen LogP contribution in [0.1, 0.15) is 5.69 Å². The molecule has 2 heterocycles. The maximum atomic E-state index is 12.6. The van der Waals surface area contributed by atoms with Crippen molar-refractivity contribution in [3.8, 4) is 0 Å². The lowest BCUT2D eigenvalue weighted by Crippen LogP contribution is -2.11. The molecule has 0 radical (unpaired) electrons. The summed E-state index contributed by atoms with van der Waals surface area (Å²) in [4.78, 5) is 23.5. The first-order chi connectivity index (χ1) is 8.47. The molecule has 0 fully saturated rings. The van der Waals surface area contributed by atoms with Crippen molar-refractivity contribution in [2.75, 3.05) is 0 Å². The average Bonchev–Trinajstić information content (AvgIpc) is 2.28. The Kier molecular flexibility index (Phi) is 3.32. The number of hydrogen-bond acceptors (Lipinski definition) is 5. The van der Waals surface area contributed by atoms with Gasteiger partial charge in [0, 0.05) is 18.5 Å². The van der Waals surface area contributed by atoms with Crippen molar-refractivity contribution in [3.05, 3.63) is 40.8 Å². The van der Waals surface area contributed by atoms with Crippen LogP contribution in [0, 0.1) is 0 Å². The summed E-state index contributed by atoms with van der Waals surface area (Å²) in [6.45, 7) is 0. The molecule has 2 aromatic heterocycles. The van der Waals surface area contributed by atoms with Gasteiger partial charge in [-0.1, -0.05) is 0 Å². The van der Waals surface area contributed by atoms with E-state index in [1.54, 1.807) is 0 Å². The van der Waals surface area contributed by atoms with Crippen molar-refractivity contribution in [1.29, 1.82) is 0 Å². The number of aromatic nitrogens is 4. The molecule has 0 atom stereocenters. The molecule has 0 aliphatic heterocycles. The Bertz CT molecular complexity index is 613. The zero-order chi connectivity index (χ0) is 13.2. The molecule has 2 aromatic rings. The molecule has 18 heavy (non-hydrogen) atoms. The number of aromatic amines is 1. The fraction of sp³-hybridized carbons (Fsp3) is 0.111. The molecule has 0 aromatic carbocycles. The minimum atomic E-state index is -4.58. The summed E-state index contributed by atoms with van der Waals surface area (Å²) in [5.41, 5.74) is -1.51. The third-order valence-electron chi connectivity index (χ3n) is 1.80. The van der Waals surface area contributed by atoms with E-state index in [1.165, 1.54) is 6.20 Å². The quantitative estimate of drug-likeness (QED) is 0.844. The van der Waals surface area contributed by atoms with E-state index in [9.17, 15) is 18.0 Å². The maximum absolute atomic E-state index is 12.6. The molecule has 94 valence electrons. The number of H-pyrrole nitrogens is 1. The number of nitrogens with one attached hydrogen (secondary N) is 1. The molecule has 9 heteroatoms. The van der Waals surface area contributed by atoms with Gasteiger partial charge >= 0.3 is 6.18 Å². The van der Waals surface area contributed by atoms with Gasteiger partial charge < -0.3 is 4.98 Å². The minimum absolute atomic E-state index is 0.0443. The van der Waals surface area contributed by atoms with Gasteiger partial charge in [-0.05, 0) is 11.8 Å². The second kappa shape index (κ2) is 4.77. The topological polar surface area (TPSA) is 71.5 Å². The first-order valence-electron chi connectivity index (χ1n) is 4.57. The van der Waals surface area contributed by atoms with Crippen molar-refractivity contribution in [1.82, 2.24) is 19.9 Å². The van der Waals surface area contributed by atoms with Crippen LogP contribution in [0.3, 0.4) is 0 Å². The van der Waals surface area contributed by atoms with Crippen molar-refractivity contribution >= 4 is 11.8 Å². The third kappa shape index (κ3) is 2.86. The van der Waals surface area contributed by atoms with E-state index >= 15 is 0 Å². The van der Waals surface area contributed by atoms with E-state index in [2.05, 4.69) is 19.9 Å². The van der Waals surface area contributed by atoms with Crippen LogP contribution >= 0.6 is 11.8 Å². The summed E-state index contributed by atoms with van der Waals surface area (Å²) >= 11 is 0.644. The van der Waals surface area contributed by atoms with Gasteiger partial charge in [0.15, 0.2) is 10.9 Å². The van der Waals surface area contributed by atoms with Crippen LogP contribution in [0.5, 0.6) is 0 Å². The first-order valence-corrected chi connectivity index (χ1v) is 5.39. The molecule has 0 unspecified atom stereocenters. The zero-order valence-corrected chi connectivity index (χ0v) is 9.42. The van der Waals surface area contributed by atoms with Crippen LogP contribution in [0.4, 0.5) is 13.2 Å². The fourth-order valence-electron chi connectivity index (χ4n) is 1.11. The largest absolute Gasteiger partial charge is 0.434 e. The summed E-state index contributed by atoms with van der Waals surface area (Å²) in [5.74, 6) is 0. The van der Waals surface area contributed by atoms with Gasteiger partial charge in [0.2, 0.25) is 0 Å². The van der Waals surface area contributed by atoms with E-state index in [0.29, 0.717) is 11.8 Å². The highest BCUT2D eigenvalue weighted by Crippen LogP contribution is 2.36. The van der Waals surface area contributed by atoms with Crippen LogP contribution < -0.4 is 5.56 Å². The lowest BCUT2D eigenvalue weighted by molar-refractivity contribution is -0.143. The Morgan fingerprint density at radius 1 is 1.28 bits per heavy atom. The van der Waals surface area contributed by atoms with Crippen LogP contribution in [0.15, 0.2) is 39.6 Å². The predicted octanol–water partition coefficient (Wildman–Crippen LogP) is 1.73. The highest BCUT2D eigenvalue weighted by molar-refractivity contribution is 7.99. The second-order valence-electron chi connectivity index (χ2n) is 3.07. The average molecular weight is 274 g/mol. The Hall–Kier alpha value is -1.90. The van der Waals surface area contributed by atoms with Crippen molar-refractivity contribution < 1.29 is 13.2 Å². The van der Waals surface area contributed by atoms with Gasteiger partial charge in [-0.2, -0.15) is 13.2 Å². The summed E-state index contributed by atoms with van der Waals surface area (Å²) in [7, 11) is 0. The molecule has 0 spiro atoms. The molecule has 0 saturated heterocycles. The molecule has 0 saturated carbocycles. The molecule has 5 nitrogen and oxygen atoms in total. The van der Waals surface area contributed by atoms with Gasteiger partial charge in [0.05, 0.1) is 4.90 Å². The monoisotopic (exact) mass is 274 g/mol. The van der Waals surface area contributed by atoms with Gasteiger partial charge in [-0.3, -0.25) is 4.79 Å². The molecule has 2 rings (SSSR count). The first kappa shape index (κ1) is 12.6. The van der Waals surface area contributed by atoms with Gasteiger partial charge in [-0.15, -0.1) is 0 Å². The summed E-state index contributed by atoms with van der Waals surface area (Å²) in [5, 5.41) is 0.0443.